The summed E-state index contributed by atoms with van der Waals surface area (Å²) < 4.78 is 10.2. The number of thioether (sulfide) groups is 1. The summed E-state index contributed by atoms with van der Waals surface area (Å²) in [5.74, 6) is 0.189. The quantitative estimate of drug-likeness (QED) is 0.768. The van der Waals surface area contributed by atoms with Gasteiger partial charge in [-0.05, 0) is 48.5 Å². The minimum atomic E-state index is -0.377. The standard InChI is InChI=1S/C19H18N2O5S/c1-12-7-10-26-16(12)17(22)20-8-9-21-18(23)15(27-19(21)24)11-13-3-5-14(25-2)6-4-13/h3-7,10-11H,8-9H2,1-2H3,(H,20,22)/b15-11-. The van der Waals surface area contributed by atoms with Crippen LogP contribution in [0.3, 0.4) is 0 Å². The van der Waals surface area contributed by atoms with Gasteiger partial charge < -0.3 is 14.5 Å². The Morgan fingerprint density at radius 2 is 2.00 bits per heavy atom. The minimum Gasteiger partial charge on any atom is -0.497 e. The minimum absolute atomic E-state index is 0.0934. The van der Waals surface area contributed by atoms with Crippen LogP contribution < -0.4 is 10.1 Å². The predicted octanol–water partition coefficient (Wildman–Crippen LogP) is 3.06. The highest BCUT2D eigenvalue weighted by molar-refractivity contribution is 8.18. The predicted molar refractivity (Wildman–Crippen MR) is 101 cm³/mol. The number of imide groups is 1. The first-order valence-electron chi connectivity index (χ1n) is 8.21. The van der Waals surface area contributed by atoms with Crippen LogP contribution in [0.15, 0.2) is 45.9 Å². The maximum absolute atomic E-state index is 12.5. The highest BCUT2D eigenvalue weighted by atomic mass is 32.2. The molecule has 0 bridgehead atoms. The van der Waals surface area contributed by atoms with Gasteiger partial charge in [0.15, 0.2) is 5.76 Å². The maximum Gasteiger partial charge on any atom is 0.293 e. The third kappa shape index (κ3) is 4.22. The summed E-state index contributed by atoms with van der Waals surface area (Å²) in [5, 5.41) is 2.29. The first kappa shape index (κ1) is 18.8. The van der Waals surface area contributed by atoms with E-state index in [1.54, 1.807) is 50.4 Å². The van der Waals surface area contributed by atoms with Crippen molar-refractivity contribution in [2.75, 3.05) is 20.2 Å². The van der Waals surface area contributed by atoms with Crippen molar-refractivity contribution in [1.82, 2.24) is 10.2 Å². The molecule has 0 radical (unpaired) electrons. The summed E-state index contributed by atoms with van der Waals surface area (Å²) in [7, 11) is 1.58. The lowest BCUT2D eigenvalue weighted by molar-refractivity contribution is -0.122. The second-order valence-corrected chi connectivity index (χ2v) is 6.79. The maximum atomic E-state index is 12.5. The van der Waals surface area contributed by atoms with Crippen molar-refractivity contribution in [3.8, 4) is 5.75 Å². The van der Waals surface area contributed by atoms with E-state index in [1.807, 2.05) is 0 Å². The monoisotopic (exact) mass is 386 g/mol. The van der Waals surface area contributed by atoms with Gasteiger partial charge in [0, 0.05) is 18.7 Å². The largest absolute Gasteiger partial charge is 0.497 e. The van der Waals surface area contributed by atoms with Crippen LogP contribution in [0.1, 0.15) is 21.7 Å². The molecule has 3 rings (SSSR count). The van der Waals surface area contributed by atoms with E-state index in [-0.39, 0.29) is 35.9 Å². The van der Waals surface area contributed by atoms with E-state index in [2.05, 4.69) is 5.32 Å². The van der Waals surface area contributed by atoms with Gasteiger partial charge in [-0.1, -0.05) is 12.1 Å². The molecule has 1 aliphatic rings. The van der Waals surface area contributed by atoms with E-state index in [9.17, 15) is 14.4 Å². The van der Waals surface area contributed by atoms with Gasteiger partial charge in [0.25, 0.3) is 17.1 Å². The Balaban J connectivity index is 1.59. The van der Waals surface area contributed by atoms with Crippen molar-refractivity contribution in [1.29, 1.82) is 0 Å². The Labute approximate surface area is 160 Å². The van der Waals surface area contributed by atoms with E-state index >= 15 is 0 Å². The van der Waals surface area contributed by atoms with E-state index in [1.165, 1.54) is 6.26 Å². The number of amides is 3. The molecular formula is C19H18N2O5S. The molecule has 7 nitrogen and oxygen atoms in total. The van der Waals surface area contributed by atoms with Crippen molar-refractivity contribution in [2.45, 2.75) is 6.92 Å². The summed E-state index contributed by atoms with van der Waals surface area (Å²) in [5.41, 5.74) is 1.52. The van der Waals surface area contributed by atoms with Gasteiger partial charge in [-0.25, -0.2) is 0 Å². The Kier molecular flexibility index (Phi) is 5.66. The normalized spacial score (nSPS) is 15.5. The van der Waals surface area contributed by atoms with Gasteiger partial charge in [0.05, 0.1) is 18.3 Å². The van der Waals surface area contributed by atoms with E-state index in [0.29, 0.717) is 10.7 Å². The second-order valence-electron chi connectivity index (χ2n) is 5.80. The molecule has 1 aromatic carbocycles. The molecule has 140 valence electrons. The smallest absolute Gasteiger partial charge is 0.293 e. The van der Waals surface area contributed by atoms with Crippen molar-refractivity contribution >= 4 is 34.9 Å². The number of hydrogen-bond donors (Lipinski definition) is 1. The lowest BCUT2D eigenvalue weighted by Crippen LogP contribution is -2.37. The van der Waals surface area contributed by atoms with E-state index in [4.69, 9.17) is 9.15 Å². The lowest BCUT2D eigenvalue weighted by atomic mass is 10.2. The molecule has 0 saturated carbocycles. The fraction of sp³-hybridized carbons (Fsp3) is 0.211. The summed E-state index contributed by atoms with van der Waals surface area (Å²) >= 11 is 0.882. The molecule has 3 amide bonds. The molecule has 1 saturated heterocycles. The topological polar surface area (TPSA) is 88.8 Å². The van der Waals surface area contributed by atoms with Crippen LogP contribution >= 0.6 is 11.8 Å². The van der Waals surface area contributed by atoms with Gasteiger partial charge in [0.2, 0.25) is 0 Å². The Hall–Kier alpha value is -3.00. The van der Waals surface area contributed by atoms with Crippen LogP contribution in [0.5, 0.6) is 5.75 Å². The van der Waals surface area contributed by atoms with Crippen molar-refractivity contribution < 1.29 is 23.5 Å². The van der Waals surface area contributed by atoms with Crippen molar-refractivity contribution in [2.24, 2.45) is 0 Å². The van der Waals surface area contributed by atoms with Crippen LogP contribution in [0, 0.1) is 6.92 Å². The number of nitrogens with one attached hydrogen (secondary N) is 1. The second kappa shape index (κ2) is 8.13. The number of carbonyl (C=O) groups excluding carboxylic acids is 3. The third-order valence-corrected chi connectivity index (χ3v) is 4.88. The molecule has 8 heteroatoms. The first-order chi connectivity index (χ1) is 13.0. The van der Waals surface area contributed by atoms with E-state index in [0.717, 1.165) is 27.8 Å². The molecule has 1 N–H and O–H groups in total. The number of furan rings is 1. The van der Waals surface area contributed by atoms with Crippen molar-refractivity contribution in [3.05, 3.63) is 58.4 Å². The number of ether oxygens (including phenoxy) is 1. The number of hydrogen-bond acceptors (Lipinski definition) is 6. The number of carbonyl (C=O) groups is 3. The molecular weight excluding hydrogens is 368 g/mol. The highest BCUT2D eigenvalue weighted by Gasteiger charge is 2.34. The molecule has 27 heavy (non-hydrogen) atoms. The molecule has 2 aromatic rings. The van der Waals surface area contributed by atoms with Gasteiger partial charge in [-0.15, -0.1) is 0 Å². The summed E-state index contributed by atoms with van der Waals surface area (Å²) in [6.45, 7) is 2.00. The summed E-state index contributed by atoms with van der Waals surface area (Å²) in [6, 6.07) is 8.86. The number of nitrogens with zero attached hydrogens (tertiary/aromatic N) is 1. The Morgan fingerprint density at radius 1 is 1.26 bits per heavy atom. The zero-order valence-corrected chi connectivity index (χ0v) is 15.7. The Bertz CT molecular complexity index is 901. The zero-order valence-electron chi connectivity index (χ0n) is 14.9. The van der Waals surface area contributed by atoms with Crippen LogP contribution in [0.2, 0.25) is 0 Å². The average molecular weight is 386 g/mol. The first-order valence-corrected chi connectivity index (χ1v) is 9.03. The highest BCUT2D eigenvalue weighted by Crippen LogP contribution is 2.32. The third-order valence-electron chi connectivity index (χ3n) is 3.98. The van der Waals surface area contributed by atoms with Crippen LogP contribution in [0.25, 0.3) is 6.08 Å². The van der Waals surface area contributed by atoms with Crippen LogP contribution in [-0.2, 0) is 4.79 Å². The molecule has 2 heterocycles. The van der Waals surface area contributed by atoms with E-state index < -0.39 is 0 Å². The average Bonchev–Trinajstić information content (AvgIpc) is 3.20. The van der Waals surface area contributed by atoms with Crippen LogP contribution in [-0.4, -0.2) is 42.2 Å². The van der Waals surface area contributed by atoms with Gasteiger partial charge in [0.1, 0.15) is 5.75 Å². The number of benzene rings is 1. The molecule has 1 fully saturated rings. The number of rotatable bonds is 6. The fourth-order valence-electron chi connectivity index (χ4n) is 2.51. The SMILES string of the molecule is COc1ccc(/C=C2\SC(=O)N(CCNC(=O)c3occc3C)C2=O)cc1. The van der Waals surface area contributed by atoms with Gasteiger partial charge in [-0.3, -0.25) is 19.3 Å². The molecule has 0 atom stereocenters. The molecule has 1 aromatic heterocycles. The van der Waals surface area contributed by atoms with Gasteiger partial charge in [-0.2, -0.15) is 0 Å². The molecule has 0 unspecified atom stereocenters. The fourth-order valence-corrected chi connectivity index (χ4v) is 3.38. The zero-order chi connectivity index (χ0) is 19.4. The van der Waals surface area contributed by atoms with Gasteiger partial charge >= 0.3 is 0 Å². The molecule has 1 aliphatic heterocycles. The molecule has 0 aliphatic carbocycles. The summed E-state index contributed by atoms with van der Waals surface area (Å²) in [4.78, 5) is 38.0. The molecule has 0 spiro atoms. The Morgan fingerprint density at radius 3 is 2.63 bits per heavy atom. The number of aryl methyl sites for hydroxylation is 1. The van der Waals surface area contributed by atoms with Crippen molar-refractivity contribution in [3.63, 3.8) is 0 Å². The lowest BCUT2D eigenvalue weighted by Gasteiger charge is -2.12. The number of methoxy groups -OCH3 is 1. The summed E-state index contributed by atoms with van der Waals surface area (Å²) in [6.07, 6.45) is 3.10. The van der Waals surface area contributed by atoms with Crippen LogP contribution in [0.4, 0.5) is 4.79 Å².